The topological polar surface area (TPSA) is 152 Å². The molecule has 3 aromatic rings. The lowest BCUT2D eigenvalue weighted by Crippen LogP contribution is -2.53. The van der Waals surface area contributed by atoms with Crippen LogP contribution in [-0.2, 0) is 29.3 Å². The van der Waals surface area contributed by atoms with Crippen molar-refractivity contribution in [1.29, 1.82) is 0 Å². The molecule has 1 saturated carbocycles. The Morgan fingerprint density at radius 3 is 2.32 bits per heavy atom. The first-order valence-electron chi connectivity index (χ1n) is 15.8. The minimum absolute atomic E-state index is 0.0451. The van der Waals surface area contributed by atoms with Crippen LogP contribution in [-0.4, -0.2) is 66.1 Å². The molecule has 3 fully saturated rings. The summed E-state index contributed by atoms with van der Waals surface area (Å²) < 4.78 is 16.0. The quantitative estimate of drug-likeness (QED) is 0.248. The van der Waals surface area contributed by atoms with Crippen molar-refractivity contribution in [3.05, 3.63) is 93.5 Å². The Kier molecular flexibility index (Phi) is 8.26. The van der Waals surface area contributed by atoms with Gasteiger partial charge in [-0.3, -0.25) is 24.6 Å². The first-order chi connectivity index (χ1) is 24.0. The SMILES string of the molecule is COC(=O)N1C(=O)C2CC=C3C(CC4C(=O)N(Nc5ccc(Cl)cc5Cl)C(=O)C4(c4ccc(OC)cc4)C3c3c(O)cccc3OC)C2C1=O. The lowest BCUT2D eigenvalue weighted by atomic mass is 9.49. The number of anilines is 1. The highest BCUT2D eigenvalue weighted by atomic mass is 35.5. The number of nitrogens with zero attached hydrogens (tertiary/aromatic N) is 2. The number of aromatic hydroxyl groups is 1. The largest absolute Gasteiger partial charge is 0.508 e. The molecule has 0 aromatic heterocycles. The zero-order chi connectivity index (χ0) is 35.6. The second kappa shape index (κ2) is 12.4. The molecule has 12 nitrogen and oxygen atoms in total. The Bertz CT molecular complexity index is 2000. The number of imide groups is 4. The van der Waals surface area contributed by atoms with Crippen LogP contribution >= 0.6 is 23.2 Å². The lowest BCUT2D eigenvalue weighted by Gasteiger charge is -2.50. The van der Waals surface area contributed by atoms with Crippen molar-refractivity contribution in [2.75, 3.05) is 26.8 Å². The van der Waals surface area contributed by atoms with Gasteiger partial charge in [0.15, 0.2) is 0 Å². The first-order valence-corrected chi connectivity index (χ1v) is 16.5. The van der Waals surface area contributed by atoms with Gasteiger partial charge in [-0.15, -0.1) is 0 Å². The maximum Gasteiger partial charge on any atom is 0.423 e. The molecule has 6 unspecified atom stereocenters. The monoisotopic (exact) mass is 719 g/mol. The third kappa shape index (κ3) is 4.68. The van der Waals surface area contributed by atoms with Crippen molar-refractivity contribution in [3.8, 4) is 17.2 Å². The third-order valence-corrected chi connectivity index (χ3v) is 11.0. The Balaban J connectivity index is 1.49. The number of ether oxygens (including phenoxy) is 3. The number of allylic oxidation sites excluding steroid dienone is 2. The Morgan fingerprint density at radius 2 is 1.66 bits per heavy atom. The molecule has 5 amide bonds. The number of fused-ring (bicyclic) bond motifs is 4. The number of nitrogens with one attached hydrogen (secondary N) is 1. The maximum atomic E-state index is 15.3. The van der Waals surface area contributed by atoms with Crippen molar-refractivity contribution in [2.45, 2.75) is 24.2 Å². The van der Waals surface area contributed by atoms with E-state index in [1.807, 2.05) is 0 Å². The fourth-order valence-electron chi connectivity index (χ4n) is 8.43. The highest BCUT2D eigenvalue weighted by molar-refractivity contribution is 6.36. The number of likely N-dealkylation sites (tertiary alicyclic amines) is 1. The second-order valence-corrected chi connectivity index (χ2v) is 13.4. The highest BCUT2D eigenvalue weighted by Gasteiger charge is 2.71. The average molecular weight is 721 g/mol. The first kappa shape index (κ1) is 33.4. The van der Waals surface area contributed by atoms with Gasteiger partial charge in [0.25, 0.3) is 11.8 Å². The number of halogens is 2. The van der Waals surface area contributed by atoms with Crippen molar-refractivity contribution in [1.82, 2.24) is 9.91 Å². The number of carbonyl (C=O) groups is 5. The molecule has 2 heterocycles. The average Bonchev–Trinajstić information content (AvgIpc) is 3.49. The van der Waals surface area contributed by atoms with Crippen LogP contribution in [0.5, 0.6) is 17.2 Å². The predicted molar refractivity (Wildman–Crippen MR) is 180 cm³/mol. The van der Waals surface area contributed by atoms with Crippen LogP contribution < -0.4 is 14.9 Å². The summed E-state index contributed by atoms with van der Waals surface area (Å²) in [5, 5.41) is 13.0. The van der Waals surface area contributed by atoms with Crippen LogP contribution in [0.25, 0.3) is 0 Å². The molecule has 6 atom stereocenters. The molecular weight excluding hydrogens is 689 g/mol. The van der Waals surface area contributed by atoms with Gasteiger partial charge < -0.3 is 19.3 Å². The minimum atomic E-state index is -1.72. The standard InChI is InChI=1S/C36H31Cl2N3O9/c1-48-19-10-7-17(8-11-19)36-23(32(44)41(34(36)46)39-25-14-9-18(37)15-24(25)38)16-22-20(30(36)29-26(42)5-4-6-27(29)49-2)12-13-21-28(22)33(45)40(31(21)43)35(47)50-3/h4-12,14-15,21-23,28,30,39,42H,13,16H2,1-3H3. The van der Waals surface area contributed by atoms with Gasteiger partial charge in [0, 0.05) is 16.5 Å². The van der Waals surface area contributed by atoms with Crippen LogP contribution in [0.2, 0.25) is 10.0 Å². The summed E-state index contributed by atoms with van der Waals surface area (Å²) in [5.41, 5.74) is 2.65. The van der Waals surface area contributed by atoms with Crippen LogP contribution in [0.4, 0.5) is 10.5 Å². The van der Waals surface area contributed by atoms with E-state index in [1.165, 1.54) is 32.4 Å². The molecule has 0 bridgehead atoms. The van der Waals surface area contributed by atoms with Gasteiger partial charge in [-0.05, 0) is 66.8 Å². The molecule has 2 saturated heterocycles. The number of hydrogen-bond acceptors (Lipinski definition) is 10. The molecule has 3 aromatic carbocycles. The highest BCUT2D eigenvalue weighted by Crippen LogP contribution is 2.66. The predicted octanol–water partition coefficient (Wildman–Crippen LogP) is 5.47. The number of methoxy groups -OCH3 is 3. The molecule has 50 heavy (non-hydrogen) atoms. The number of hydrogen-bond donors (Lipinski definition) is 2. The van der Waals surface area contributed by atoms with Crippen molar-refractivity contribution in [2.24, 2.45) is 23.7 Å². The van der Waals surface area contributed by atoms with E-state index in [2.05, 4.69) is 5.43 Å². The molecule has 7 rings (SSSR count). The van der Waals surface area contributed by atoms with E-state index >= 15 is 4.79 Å². The summed E-state index contributed by atoms with van der Waals surface area (Å²) in [6.07, 6.45) is 0.714. The van der Waals surface area contributed by atoms with Gasteiger partial charge in [-0.2, -0.15) is 9.91 Å². The molecule has 2 aliphatic heterocycles. The summed E-state index contributed by atoms with van der Waals surface area (Å²) >= 11 is 12.6. The summed E-state index contributed by atoms with van der Waals surface area (Å²) in [4.78, 5) is 70.7. The Morgan fingerprint density at radius 1 is 0.920 bits per heavy atom. The van der Waals surface area contributed by atoms with Gasteiger partial charge in [-0.1, -0.05) is 53.1 Å². The minimum Gasteiger partial charge on any atom is -0.508 e. The Hall–Kier alpha value is -5.07. The summed E-state index contributed by atoms with van der Waals surface area (Å²) in [6, 6.07) is 16.0. The number of hydrazine groups is 1. The normalized spacial score (nSPS) is 27.0. The van der Waals surface area contributed by atoms with E-state index in [0.717, 1.165) is 12.1 Å². The third-order valence-electron chi connectivity index (χ3n) is 10.5. The van der Waals surface area contributed by atoms with Crippen molar-refractivity contribution in [3.63, 3.8) is 0 Å². The van der Waals surface area contributed by atoms with E-state index < -0.39 is 64.7 Å². The molecular formula is C36H31Cl2N3O9. The molecule has 258 valence electrons. The maximum absolute atomic E-state index is 15.3. The number of phenolic OH excluding ortho intramolecular Hbond substituents is 1. The number of benzene rings is 3. The second-order valence-electron chi connectivity index (χ2n) is 12.6. The van der Waals surface area contributed by atoms with E-state index in [9.17, 15) is 24.3 Å². The lowest BCUT2D eigenvalue weighted by molar-refractivity contribution is -0.140. The van der Waals surface area contributed by atoms with E-state index in [0.29, 0.717) is 26.8 Å². The van der Waals surface area contributed by atoms with Crippen LogP contribution in [0.1, 0.15) is 29.9 Å². The zero-order valence-corrected chi connectivity index (χ0v) is 28.5. The molecule has 14 heteroatoms. The Labute approximate surface area is 296 Å². The van der Waals surface area contributed by atoms with E-state index in [1.54, 1.807) is 48.5 Å². The van der Waals surface area contributed by atoms with Gasteiger partial charge in [0.1, 0.15) is 17.2 Å². The molecule has 0 radical (unpaired) electrons. The fourth-order valence-corrected chi connectivity index (χ4v) is 8.88. The number of amides is 5. The van der Waals surface area contributed by atoms with Crippen molar-refractivity contribution >= 4 is 58.6 Å². The zero-order valence-electron chi connectivity index (χ0n) is 27.0. The van der Waals surface area contributed by atoms with Gasteiger partial charge in [-0.25, -0.2) is 4.79 Å². The molecule has 2 aliphatic carbocycles. The summed E-state index contributed by atoms with van der Waals surface area (Å²) in [6.45, 7) is 0. The fraction of sp³-hybridized carbons (Fsp3) is 0.306. The number of rotatable bonds is 6. The summed E-state index contributed by atoms with van der Waals surface area (Å²) in [5.74, 6) is -7.14. The van der Waals surface area contributed by atoms with Crippen LogP contribution in [0.15, 0.2) is 72.3 Å². The molecule has 4 aliphatic rings. The summed E-state index contributed by atoms with van der Waals surface area (Å²) in [7, 11) is 4.01. The smallest absolute Gasteiger partial charge is 0.423 e. The van der Waals surface area contributed by atoms with Crippen LogP contribution in [0, 0.1) is 23.7 Å². The molecule has 0 spiro atoms. The van der Waals surface area contributed by atoms with Gasteiger partial charge in [0.05, 0.1) is 55.2 Å². The van der Waals surface area contributed by atoms with Gasteiger partial charge >= 0.3 is 6.09 Å². The van der Waals surface area contributed by atoms with E-state index in [-0.39, 0.29) is 40.6 Å². The molecule has 2 N–H and O–H groups in total. The van der Waals surface area contributed by atoms with Gasteiger partial charge in [0.2, 0.25) is 11.8 Å². The van der Waals surface area contributed by atoms with Crippen LogP contribution in [0.3, 0.4) is 0 Å². The number of phenols is 1. The van der Waals surface area contributed by atoms with Crippen molar-refractivity contribution < 1.29 is 43.3 Å². The number of carbonyl (C=O) groups excluding carboxylic acids is 5. The van der Waals surface area contributed by atoms with E-state index in [4.69, 9.17) is 37.4 Å².